The third-order valence-electron chi connectivity index (χ3n) is 6.56. The quantitative estimate of drug-likeness (QED) is 0.264. The summed E-state index contributed by atoms with van der Waals surface area (Å²) in [5.74, 6) is 0. The van der Waals surface area contributed by atoms with Crippen molar-refractivity contribution in [2.75, 3.05) is 0 Å². The fourth-order valence-electron chi connectivity index (χ4n) is 5.02. The summed E-state index contributed by atoms with van der Waals surface area (Å²) in [7, 11) is 0. The van der Waals surface area contributed by atoms with Crippen molar-refractivity contribution in [3.63, 3.8) is 0 Å². The molecule has 4 nitrogen and oxygen atoms in total. The monoisotopic (exact) mass is 448 g/mol. The van der Waals surface area contributed by atoms with Gasteiger partial charge in [-0.1, -0.05) is 84.9 Å². The van der Waals surface area contributed by atoms with Crippen LogP contribution < -0.4 is 0 Å². The smallest absolute Gasteiger partial charge is 0.114 e. The van der Waals surface area contributed by atoms with Gasteiger partial charge in [-0.3, -0.25) is 4.98 Å². The zero-order valence-electron chi connectivity index (χ0n) is 18.8. The van der Waals surface area contributed by atoms with Gasteiger partial charge in [0.05, 0.1) is 5.69 Å². The summed E-state index contributed by atoms with van der Waals surface area (Å²) >= 11 is 0. The van der Waals surface area contributed by atoms with Crippen LogP contribution in [0.4, 0.5) is 0 Å². The van der Waals surface area contributed by atoms with Crippen molar-refractivity contribution in [2.24, 2.45) is 0 Å². The minimum absolute atomic E-state index is 0.861. The summed E-state index contributed by atoms with van der Waals surface area (Å²) in [6.45, 7) is 0. The molecule has 0 bridgehead atoms. The van der Waals surface area contributed by atoms with Gasteiger partial charge in [-0.2, -0.15) is 4.80 Å². The molecule has 0 aliphatic rings. The van der Waals surface area contributed by atoms with Crippen LogP contribution >= 0.6 is 0 Å². The first-order valence-corrected chi connectivity index (χ1v) is 11.6. The summed E-state index contributed by atoms with van der Waals surface area (Å²) in [6, 6.07) is 38.2. The van der Waals surface area contributed by atoms with Crippen LogP contribution in [0.25, 0.3) is 60.5 Å². The predicted octanol–water partition coefficient (Wildman–Crippen LogP) is 7.46. The van der Waals surface area contributed by atoms with E-state index in [0.29, 0.717) is 0 Å². The highest BCUT2D eigenvalue weighted by Crippen LogP contribution is 2.43. The minimum Gasteiger partial charge on any atom is -0.265 e. The Hall–Kier alpha value is -4.83. The molecule has 4 heteroatoms. The van der Waals surface area contributed by atoms with Gasteiger partial charge in [0.1, 0.15) is 11.0 Å². The van der Waals surface area contributed by atoms with E-state index in [4.69, 9.17) is 5.10 Å². The van der Waals surface area contributed by atoms with Gasteiger partial charge in [0.15, 0.2) is 0 Å². The van der Waals surface area contributed by atoms with Gasteiger partial charge >= 0.3 is 0 Å². The number of fused-ring (bicyclic) bond motifs is 3. The highest BCUT2D eigenvalue weighted by Gasteiger charge is 2.17. The van der Waals surface area contributed by atoms with Crippen molar-refractivity contribution in [1.29, 1.82) is 0 Å². The molecule has 0 spiro atoms. The van der Waals surface area contributed by atoms with Gasteiger partial charge in [-0.05, 0) is 68.1 Å². The molecule has 7 rings (SSSR count). The average Bonchev–Trinajstić information content (AvgIpc) is 3.36. The van der Waals surface area contributed by atoms with Gasteiger partial charge in [0, 0.05) is 12.4 Å². The van der Waals surface area contributed by atoms with Crippen LogP contribution in [0.1, 0.15) is 0 Å². The molecule has 35 heavy (non-hydrogen) atoms. The van der Waals surface area contributed by atoms with Gasteiger partial charge < -0.3 is 0 Å². The van der Waals surface area contributed by atoms with E-state index in [0.717, 1.165) is 22.3 Å². The molecule has 0 saturated heterocycles. The molecular weight excluding hydrogens is 428 g/mol. The summed E-state index contributed by atoms with van der Waals surface area (Å²) in [6.07, 6.45) is 3.50. The van der Waals surface area contributed by atoms with E-state index in [1.807, 2.05) is 12.1 Å². The van der Waals surface area contributed by atoms with E-state index in [1.54, 1.807) is 17.2 Å². The summed E-state index contributed by atoms with van der Waals surface area (Å²) in [5, 5.41) is 14.4. The van der Waals surface area contributed by atoms with Crippen LogP contribution in [0.15, 0.2) is 122 Å². The minimum atomic E-state index is 0.861. The first-order valence-electron chi connectivity index (χ1n) is 11.6. The largest absolute Gasteiger partial charge is 0.265 e. The van der Waals surface area contributed by atoms with E-state index < -0.39 is 0 Å². The zero-order chi connectivity index (χ0) is 23.2. The molecule has 5 aromatic carbocycles. The number of hydrogen-bond donors (Lipinski definition) is 0. The Morgan fingerprint density at radius 1 is 0.457 bits per heavy atom. The fourth-order valence-corrected chi connectivity index (χ4v) is 5.02. The second-order valence-electron chi connectivity index (χ2n) is 8.61. The fraction of sp³-hybridized carbons (Fsp3) is 0. The van der Waals surface area contributed by atoms with Gasteiger partial charge in [-0.25, -0.2) is 0 Å². The van der Waals surface area contributed by atoms with E-state index in [2.05, 4.69) is 107 Å². The average molecular weight is 449 g/mol. The van der Waals surface area contributed by atoms with Gasteiger partial charge in [0.2, 0.25) is 0 Å². The molecule has 0 N–H and O–H groups in total. The second kappa shape index (κ2) is 7.89. The van der Waals surface area contributed by atoms with Crippen molar-refractivity contribution in [1.82, 2.24) is 20.0 Å². The molecule has 0 radical (unpaired) electrons. The lowest BCUT2D eigenvalue weighted by Crippen LogP contribution is -1.97. The third kappa shape index (κ3) is 3.19. The molecule has 0 saturated carbocycles. The molecule has 0 aliphatic carbocycles. The number of benzene rings is 5. The molecule has 7 aromatic rings. The van der Waals surface area contributed by atoms with Crippen LogP contribution in [0.3, 0.4) is 0 Å². The first kappa shape index (κ1) is 19.6. The Morgan fingerprint density at radius 3 is 1.63 bits per heavy atom. The van der Waals surface area contributed by atoms with E-state index in [1.165, 1.54) is 38.2 Å². The number of aromatic nitrogens is 4. The molecule has 0 fully saturated rings. The Kier molecular flexibility index (Phi) is 4.42. The molecule has 2 aromatic heterocycles. The Morgan fingerprint density at radius 2 is 1.00 bits per heavy atom. The molecule has 0 unspecified atom stereocenters. The van der Waals surface area contributed by atoms with Crippen molar-refractivity contribution in [2.45, 2.75) is 0 Å². The number of hydrogen-bond acceptors (Lipinski definition) is 3. The lowest BCUT2D eigenvalue weighted by molar-refractivity contribution is 0.764. The number of pyridine rings is 1. The van der Waals surface area contributed by atoms with Crippen LogP contribution in [0.2, 0.25) is 0 Å². The molecule has 2 heterocycles. The molecule has 0 aliphatic heterocycles. The normalized spacial score (nSPS) is 11.4. The molecule has 0 atom stereocenters. The third-order valence-corrected chi connectivity index (χ3v) is 6.56. The van der Waals surface area contributed by atoms with Crippen molar-refractivity contribution < 1.29 is 0 Å². The van der Waals surface area contributed by atoms with E-state index in [9.17, 15) is 0 Å². The Bertz CT molecular complexity index is 1780. The predicted molar refractivity (Wildman–Crippen MR) is 143 cm³/mol. The maximum absolute atomic E-state index is 4.77. The zero-order valence-corrected chi connectivity index (χ0v) is 18.8. The van der Waals surface area contributed by atoms with Crippen LogP contribution in [0.5, 0.6) is 0 Å². The second-order valence-corrected chi connectivity index (χ2v) is 8.61. The van der Waals surface area contributed by atoms with Crippen molar-refractivity contribution in [3.05, 3.63) is 122 Å². The Labute approximate surface area is 202 Å². The Balaban J connectivity index is 1.52. The molecular formula is C31H20N4. The first-order chi connectivity index (χ1) is 17.4. The van der Waals surface area contributed by atoms with E-state index in [-0.39, 0.29) is 0 Å². The summed E-state index contributed by atoms with van der Waals surface area (Å²) in [5.41, 5.74) is 7.45. The maximum atomic E-state index is 4.77. The molecule has 164 valence electrons. The van der Waals surface area contributed by atoms with Crippen molar-refractivity contribution in [3.8, 4) is 27.9 Å². The van der Waals surface area contributed by atoms with Crippen LogP contribution in [-0.4, -0.2) is 20.0 Å². The highest BCUT2D eigenvalue weighted by molar-refractivity contribution is 6.21. The number of rotatable bonds is 3. The van der Waals surface area contributed by atoms with Gasteiger partial charge in [-0.15, -0.1) is 10.2 Å². The lowest BCUT2D eigenvalue weighted by atomic mass is 9.86. The lowest BCUT2D eigenvalue weighted by Gasteiger charge is -2.17. The SMILES string of the molecule is c1ccc(-c2c3ccccc3c(-c3ccc4nn(-c5ccncc5)nc4c3)c3ccccc23)cc1. The highest BCUT2D eigenvalue weighted by atomic mass is 15.5. The van der Waals surface area contributed by atoms with Crippen molar-refractivity contribution >= 4 is 32.6 Å². The topological polar surface area (TPSA) is 43.6 Å². The maximum Gasteiger partial charge on any atom is 0.114 e. The van der Waals surface area contributed by atoms with Crippen LogP contribution in [0, 0.1) is 0 Å². The number of nitrogens with zero attached hydrogens (tertiary/aromatic N) is 4. The molecule has 0 amide bonds. The summed E-state index contributed by atoms with van der Waals surface area (Å²) in [4.78, 5) is 5.77. The standard InChI is InChI=1S/C31H20N4/c1-2-8-21(9-3-1)30-24-10-4-6-12-26(24)31(27-13-7-5-11-25(27)30)22-14-15-28-29(20-22)34-35(33-28)23-16-18-32-19-17-23/h1-20H. The van der Waals surface area contributed by atoms with E-state index >= 15 is 0 Å². The van der Waals surface area contributed by atoms with Crippen LogP contribution in [-0.2, 0) is 0 Å². The van der Waals surface area contributed by atoms with Gasteiger partial charge in [0.25, 0.3) is 0 Å². The summed E-state index contributed by atoms with van der Waals surface area (Å²) < 4.78 is 0.